The Morgan fingerprint density at radius 2 is 1.17 bits per heavy atom. The van der Waals surface area contributed by atoms with Crippen molar-refractivity contribution in [3.8, 4) is 22.3 Å². The lowest BCUT2D eigenvalue weighted by Crippen LogP contribution is -2.16. The second kappa shape index (κ2) is 15.1. The smallest absolute Gasteiger partial charge is 0.0547 e. The van der Waals surface area contributed by atoms with Gasteiger partial charge >= 0.3 is 0 Å². The number of rotatable bonds is 6. The second-order valence-corrected chi connectivity index (χ2v) is 18.7. The van der Waals surface area contributed by atoms with Gasteiger partial charge < -0.3 is 14.4 Å². The van der Waals surface area contributed by atoms with Crippen molar-refractivity contribution in [2.24, 2.45) is 0 Å². The van der Waals surface area contributed by atoms with Crippen LogP contribution in [-0.2, 0) is 18.3 Å². The highest BCUT2D eigenvalue weighted by molar-refractivity contribution is 6.22. The maximum atomic E-state index is 2.48. The molecule has 0 radical (unpaired) electrons. The molecule has 3 heteroatoms. The van der Waals surface area contributed by atoms with Crippen molar-refractivity contribution < 1.29 is 0 Å². The molecule has 13 rings (SSSR count). The van der Waals surface area contributed by atoms with E-state index in [1.165, 1.54) is 99.8 Å². The van der Waals surface area contributed by atoms with Crippen LogP contribution in [0.1, 0.15) is 48.9 Å². The Bertz CT molecular complexity index is 3570. The summed E-state index contributed by atoms with van der Waals surface area (Å²) in [5.74, 6) is 0. The highest BCUT2D eigenvalue weighted by Crippen LogP contribution is 2.54. The number of fused-ring (bicyclic) bond motifs is 10. The van der Waals surface area contributed by atoms with Crippen molar-refractivity contribution in [3.63, 3.8) is 0 Å². The highest BCUT2D eigenvalue weighted by Gasteiger charge is 2.38. The standard InChI is InChI=1S/C63H49N3/c1-63(2)54-22-11-10-21-52(54)62-55(63)23-14-26-59(62)64(49-35-37-50(38-36-49)65-56-24-12-7-16-44(56)27-28-45-17-8-13-25-57(45)65)48-33-29-42(30-34-48)46-32-39-58-53(41-46)61-51-20-9-6-15-43(51)31-40-60(61)66(58)47-18-4-3-5-19-47/h4,6-26,29-41H,3,5,27-28H2,1-2H3. The van der Waals surface area contributed by atoms with Crippen molar-refractivity contribution in [1.82, 2.24) is 4.57 Å². The molecule has 0 unspecified atom stereocenters. The lowest BCUT2D eigenvalue weighted by Gasteiger charge is -2.30. The van der Waals surface area contributed by atoms with Crippen LogP contribution < -0.4 is 9.80 Å². The van der Waals surface area contributed by atoms with Crippen LogP contribution in [0.4, 0.5) is 34.1 Å². The molecule has 2 heterocycles. The van der Waals surface area contributed by atoms with Crippen LogP contribution >= 0.6 is 0 Å². The highest BCUT2D eigenvalue weighted by atomic mass is 15.2. The summed E-state index contributed by atoms with van der Waals surface area (Å²) < 4.78 is 2.46. The molecule has 9 aromatic carbocycles. The number of aryl methyl sites for hydroxylation is 2. The summed E-state index contributed by atoms with van der Waals surface area (Å²) >= 11 is 0. The first-order valence-electron chi connectivity index (χ1n) is 23.5. The molecule has 0 bridgehead atoms. The monoisotopic (exact) mass is 847 g/mol. The number of hydrogen-bond donors (Lipinski definition) is 0. The molecule has 0 amide bonds. The summed E-state index contributed by atoms with van der Waals surface area (Å²) in [5.41, 5.74) is 21.2. The molecule has 0 fully saturated rings. The molecule has 316 valence electrons. The number of para-hydroxylation sites is 2. The van der Waals surface area contributed by atoms with E-state index in [1.54, 1.807) is 0 Å². The van der Waals surface area contributed by atoms with Crippen molar-refractivity contribution in [2.45, 2.75) is 44.9 Å². The molecule has 3 nitrogen and oxygen atoms in total. The number of aromatic nitrogens is 1. The molecule has 2 aliphatic carbocycles. The van der Waals surface area contributed by atoms with Crippen molar-refractivity contribution in [2.75, 3.05) is 9.80 Å². The summed E-state index contributed by atoms with van der Waals surface area (Å²) in [5, 5.41) is 5.14. The van der Waals surface area contributed by atoms with Gasteiger partial charge in [0.25, 0.3) is 0 Å². The van der Waals surface area contributed by atoms with Gasteiger partial charge in [-0.15, -0.1) is 0 Å². The van der Waals surface area contributed by atoms with Crippen LogP contribution in [0.25, 0.3) is 60.5 Å². The van der Waals surface area contributed by atoms with Crippen LogP contribution in [0, 0.1) is 0 Å². The van der Waals surface area contributed by atoms with E-state index in [4.69, 9.17) is 0 Å². The zero-order chi connectivity index (χ0) is 43.9. The Labute approximate surface area is 386 Å². The van der Waals surface area contributed by atoms with Crippen LogP contribution in [-0.4, -0.2) is 4.57 Å². The fourth-order valence-corrected chi connectivity index (χ4v) is 11.5. The molecule has 0 saturated carbocycles. The first-order chi connectivity index (χ1) is 32.5. The Morgan fingerprint density at radius 1 is 0.515 bits per heavy atom. The van der Waals surface area contributed by atoms with E-state index in [-0.39, 0.29) is 5.41 Å². The summed E-state index contributed by atoms with van der Waals surface area (Å²) in [6, 6.07) is 72.6. The first-order valence-corrected chi connectivity index (χ1v) is 23.5. The predicted molar refractivity (Wildman–Crippen MR) is 279 cm³/mol. The second-order valence-electron chi connectivity index (χ2n) is 18.7. The summed E-state index contributed by atoms with van der Waals surface area (Å²) in [6.07, 6.45) is 11.2. The molecule has 3 aliphatic rings. The molecule has 10 aromatic rings. The van der Waals surface area contributed by atoms with Gasteiger partial charge in [0.2, 0.25) is 0 Å². The maximum absolute atomic E-state index is 2.48. The average molecular weight is 848 g/mol. The van der Waals surface area contributed by atoms with Crippen molar-refractivity contribution >= 4 is 72.4 Å². The summed E-state index contributed by atoms with van der Waals surface area (Å²) in [6.45, 7) is 4.73. The van der Waals surface area contributed by atoms with Crippen LogP contribution in [0.2, 0.25) is 0 Å². The number of anilines is 6. The first kappa shape index (κ1) is 38.6. The van der Waals surface area contributed by atoms with Gasteiger partial charge in [0, 0.05) is 55.9 Å². The number of benzene rings is 9. The normalized spacial score (nSPS) is 14.7. The Hall–Kier alpha value is -7.88. The lowest BCUT2D eigenvalue weighted by molar-refractivity contribution is 0.660. The molecule has 0 saturated heterocycles. The molecular formula is C63H49N3. The van der Waals surface area contributed by atoms with E-state index in [1.807, 2.05) is 0 Å². The van der Waals surface area contributed by atoms with Crippen molar-refractivity contribution in [3.05, 3.63) is 235 Å². The van der Waals surface area contributed by atoms with E-state index in [2.05, 4.69) is 241 Å². The third kappa shape index (κ3) is 5.96. The van der Waals surface area contributed by atoms with E-state index in [9.17, 15) is 0 Å². The zero-order valence-corrected chi connectivity index (χ0v) is 37.4. The minimum atomic E-state index is -0.119. The fourth-order valence-electron chi connectivity index (χ4n) is 11.5. The van der Waals surface area contributed by atoms with E-state index >= 15 is 0 Å². The topological polar surface area (TPSA) is 11.4 Å². The van der Waals surface area contributed by atoms with Gasteiger partial charge in [-0.05, 0) is 154 Å². The minimum Gasteiger partial charge on any atom is -0.310 e. The fraction of sp³-hybridized carbons (Fsp3) is 0.111. The maximum Gasteiger partial charge on any atom is 0.0547 e. The SMILES string of the molecule is CC1(C)c2ccccc2-c2c(N(c3ccc(-c4ccc5c(c4)c4c6ccccc6ccc4n5C4=CCCC=C4)cc3)c3ccc(N4c5ccccc5CCc5ccccc54)cc3)cccc21. The molecule has 0 atom stereocenters. The molecule has 66 heavy (non-hydrogen) atoms. The molecular weight excluding hydrogens is 799 g/mol. The van der Waals surface area contributed by atoms with E-state index in [0.717, 1.165) is 42.7 Å². The van der Waals surface area contributed by atoms with Gasteiger partial charge in [-0.3, -0.25) is 0 Å². The zero-order valence-electron chi connectivity index (χ0n) is 37.4. The van der Waals surface area contributed by atoms with Gasteiger partial charge in [-0.25, -0.2) is 0 Å². The van der Waals surface area contributed by atoms with Gasteiger partial charge in [0.05, 0.1) is 16.7 Å². The quantitative estimate of drug-likeness (QED) is 0.165. The van der Waals surface area contributed by atoms with E-state index < -0.39 is 0 Å². The van der Waals surface area contributed by atoms with Gasteiger partial charge in [-0.2, -0.15) is 0 Å². The van der Waals surface area contributed by atoms with Crippen LogP contribution in [0.5, 0.6) is 0 Å². The Morgan fingerprint density at radius 3 is 1.92 bits per heavy atom. The summed E-state index contributed by atoms with van der Waals surface area (Å²) in [7, 11) is 0. The number of allylic oxidation sites excluding steroid dienone is 4. The molecule has 1 aliphatic heterocycles. The number of nitrogens with zero attached hydrogens (tertiary/aromatic N) is 3. The van der Waals surface area contributed by atoms with Gasteiger partial charge in [-0.1, -0.05) is 147 Å². The van der Waals surface area contributed by atoms with E-state index in [0.29, 0.717) is 0 Å². The predicted octanol–water partition coefficient (Wildman–Crippen LogP) is 17.2. The lowest BCUT2D eigenvalue weighted by atomic mass is 9.82. The van der Waals surface area contributed by atoms with Gasteiger partial charge in [0.1, 0.15) is 0 Å². The molecule has 1 aromatic heterocycles. The Balaban J connectivity index is 0.956. The van der Waals surface area contributed by atoms with Crippen LogP contribution in [0.3, 0.4) is 0 Å². The summed E-state index contributed by atoms with van der Waals surface area (Å²) in [4.78, 5) is 4.93. The molecule has 0 spiro atoms. The minimum absolute atomic E-state index is 0.119. The van der Waals surface area contributed by atoms with Crippen molar-refractivity contribution in [1.29, 1.82) is 0 Å². The molecule has 0 N–H and O–H groups in total. The van der Waals surface area contributed by atoms with Crippen LogP contribution in [0.15, 0.2) is 212 Å². The largest absolute Gasteiger partial charge is 0.310 e. The Kier molecular flexibility index (Phi) is 8.83. The third-order valence-electron chi connectivity index (χ3n) is 14.7. The number of hydrogen-bond acceptors (Lipinski definition) is 2. The third-order valence-corrected chi connectivity index (χ3v) is 14.7. The van der Waals surface area contributed by atoms with Gasteiger partial charge in [0.15, 0.2) is 0 Å². The average Bonchev–Trinajstić information content (AvgIpc) is 3.76.